The van der Waals surface area contributed by atoms with Crippen molar-refractivity contribution < 1.29 is 35.8 Å². The zero-order chi connectivity index (χ0) is 24.7. The normalized spacial score (nSPS) is 20.1. The minimum Gasteiger partial charge on any atom is -0.498 e. The van der Waals surface area contributed by atoms with Gasteiger partial charge in [-0.2, -0.15) is 17.6 Å². The van der Waals surface area contributed by atoms with Gasteiger partial charge >= 0.3 is 11.8 Å². The number of ether oxygens (including phenoxy) is 2. The number of hydrogen-bond acceptors (Lipinski definition) is 2. The highest BCUT2D eigenvalue weighted by atomic mass is 19.3. The summed E-state index contributed by atoms with van der Waals surface area (Å²) >= 11 is 0. The van der Waals surface area contributed by atoms with E-state index in [1.165, 1.54) is 19.3 Å². The van der Waals surface area contributed by atoms with Gasteiger partial charge in [0.05, 0.1) is 30.1 Å². The van der Waals surface area contributed by atoms with Crippen LogP contribution in [0.4, 0.5) is 26.3 Å². The maximum absolute atomic E-state index is 15.5. The fraction of sp³-hybridized carbons (Fsp3) is 0.462. The molecule has 1 heterocycles. The number of rotatable bonds is 7. The Morgan fingerprint density at radius 3 is 2.09 bits per heavy atom. The van der Waals surface area contributed by atoms with Crippen LogP contribution in [0.1, 0.15) is 69.1 Å². The van der Waals surface area contributed by atoms with E-state index in [9.17, 15) is 4.39 Å². The van der Waals surface area contributed by atoms with Gasteiger partial charge in [-0.25, -0.2) is 8.78 Å². The lowest BCUT2D eigenvalue weighted by molar-refractivity contribution is -0.227. The molecule has 2 aromatic carbocycles. The molecule has 0 spiro atoms. The van der Waals surface area contributed by atoms with E-state index in [0.717, 1.165) is 43.9 Å². The summed E-state index contributed by atoms with van der Waals surface area (Å²) in [4.78, 5) is 0. The molecule has 0 amide bonds. The van der Waals surface area contributed by atoms with E-state index in [1.807, 2.05) is 0 Å². The van der Waals surface area contributed by atoms with Gasteiger partial charge < -0.3 is 9.47 Å². The van der Waals surface area contributed by atoms with Crippen molar-refractivity contribution in [2.24, 2.45) is 0 Å². The lowest BCUT2D eigenvalue weighted by Gasteiger charge is -2.36. The van der Waals surface area contributed by atoms with Crippen molar-refractivity contribution in [3.8, 4) is 16.9 Å². The Morgan fingerprint density at radius 2 is 1.50 bits per heavy atom. The fourth-order valence-corrected chi connectivity index (χ4v) is 4.68. The topological polar surface area (TPSA) is 18.5 Å². The molecule has 2 nitrogen and oxygen atoms in total. The summed E-state index contributed by atoms with van der Waals surface area (Å²) < 4.78 is 101. The Kier molecular flexibility index (Phi) is 6.62. The molecule has 2 aromatic rings. The molecule has 0 bridgehead atoms. The summed E-state index contributed by atoms with van der Waals surface area (Å²) in [7, 11) is 0. The number of fused-ring (bicyclic) bond motifs is 3. The predicted molar refractivity (Wildman–Crippen MR) is 117 cm³/mol. The summed E-state index contributed by atoms with van der Waals surface area (Å²) in [6, 6.07) is 4.56. The molecule has 1 aliphatic heterocycles. The molecule has 0 N–H and O–H groups in total. The Hall–Kier alpha value is -2.64. The maximum Gasteiger partial charge on any atom is 0.343 e. The second-order valence-corrected chi connectivity index (χ2v) is 8.67. The van der Waals surface area contributed by atoms with E-state index in [1.54, 1.807) is 0 Å². The number of benzene rings is 2. The maximum atomic E-state index is 15.5. The monoisotopic (exact) mass is 484 g/mol. The zero-order valence-corrected chi connectivity index (χ0v) is 19.0. The van der Waals surface area contributed by atoms with Crippen molar-refractivity contribution in [2.75, 3.05) is 6.61 Å². The van der Waals surface area contributed by atoms with Crippen LogP contribution in [0, 0.1) is 11.6 Å². The van der Waals surface area contributed by atoms with E-state index in [0.29, 0.717) is 18.4 Å². The minimum atomic E-state index is -4.98. The van der Waals surface area contributed by atoms with Crippen LogP contribution in [0.15, 0.2) is 30.5 Å². The van der Waals surface area contributed by atoms with Crippen molar-refractivity contribution in [3.05, 3.63) is 58.9 Å². The second kappa shape index (κ2) is 9.19. The van der Waals surface area contributed by atoms with Gasteiger partial charge in [0.25, 0.3) is 0 Å². The van der Waals surface area contributed by atoms with Gasteiger partial charge in [-0.1, -0.05) is 31.9 Å². The quantitative estimate of drug-likeness (QED) is 0.291. The van der Waals surface area contributed by atoms with E-state index in [4.69, 9.17) is 9.47 Å². The molecule has 0 radical (unpaired) electrons. The Balaban J connectivity index is 1.78. The third-order valence-electron chi connectivity index (χ3n) is 6.47. The molecular formula is C26H26F6O2. The van der Waals surface area contributed by atoms with Crippen LogP contribution in [0.2, 0.25) is 0 Å². The molecule has 2 aliphatic rings. The van der Waals surface area contributed by atoms with E-state index in [2.05, 4.69) is 6.92 Å². The number of allylic oxidation sites excluding steroid dienone is 1. The van der Waals surface area contributed by atoms with Gasteiger partial charge in [-0.05, 0) is 61.4 Å². The van der Waals surface area contributed by atoms with Crippen molar-refractivity contribution in [2.45, 2.75) is 70.3 Å². The van der Waals surface area contributed by atoms with Gasteiger partial charge in [0.1, 0.15) is 5.82 Å². The SMILES string of the molecule is CCCCCC1CCC(c2ccc3c(c2F)C(F)(F)C(F)(F)c2c-3ccc(OCC)c2F)=CO1. The average Bonchev–Trinajstić information content (AvgIpc) is 2.80. The largest absolute Gasteiger partial charge is 0.498 e. The predicted octanol–water partition coefficient (Wildman–Crippen LogP) is 8.33. The molecule has 0 aromatic heterocycles. The molecule has 1 aliphatic carbocycles. The summed E-state index contributed by atoms with van der Waals surface area (Å²) in [6.07, 6.45) is 6.19. The molecule has 1 atom stereocenters. The number of hydrogen-bond donors (Lipinski definition) is 0. The van der Waals surface area contributed by atoms with E-state index in [-0.39, 0.29) is 18.3 Å². The summed E-state index contributed by atoms with van der Waals surface area (Å²) in [5, 5.41) is 0. The number of unbranched alkanes of at least 4 members (excludes halogenated alkanes) is 2. The molecule has 0 saturated carbocycles. The van der Waals surface area contributed by atoms with E-state index < -0.39 is 51.5 Å². The van der Waals surface area contributed by atoms with Crippen LogP contribution in [-0.2, 0) is 16.6 Å². The first-order valence-electron chi connectivity index (χ1n) is 11.5. The van der Waals surface area contributed by atoms with Gasteiger partial charge in [-0.15, -0.1) is 0 Å². The van der Waals surface area contributed by atoms with Crippen molar-refractivity contribution >= 4 is 5.57 Å². The first kappa shape index (κ1) is 24.5. The summed E-state index contributed by atoms with van der Waals surface area (Å²) in [5.74, 6) is -13.5. The van der Waals surface area contributed by atoms with Gasteiger partial charge in [0, 0.05) is 5.56 Å². The molecule has 1 unspecified atom stereocenters. The van der Waals surface area contributed by atoms with Crippen LogP contribution in [0.3, 0.4) is 0 Å². The second-order valence-electron chi connectivity index (χ2n) is 8.67. The third-order valence-corrected chi connectivity index (χ3v) is 6.47. The highest BCUT2D eigenvalue weighted by Crippen LogP contribution is 2.60. The van der Waals surface area contributed by atoms with Crippen LogP contribution >= 0.6 is 0 Å². The highest BCUT2D eigenvalue weighted by molar-refractivity contribution is 5.80. The lowest BCUT2D eigenvalue weighted by atomic mass is 9.78. The molecule has 0 fully saturated rings. The van der Waals surface area contributed by atoms with Crippen LogP contribution in [0.25, 0.3) is 16.7 Å². The highest BCUT2D eigenvalue weighted by Gasteiger charge is 2.65. The standard InChI is InChI=1S/C26H26F6O2/c1-3-5-6-7-16-9-8-15(14-34-16)17-10-11-18-19-12-13-20(33-4-2)24(28)22(19)26(31,32)25(29,30)21(18)23(17)27/h10-14,16H,3-9H2,1-2H3. The number of halogens is 6. The number of alkyl halides is 4. The van der Waals surface area contributed by atoms with Gasteiger partial charge in [0.15, 0.2) is 11.6 Å². The van der Waals surface area contributed by atoms with E-state index >= 15 is 22.0 Å². The molecule has 34 heavy (non-hydrogen) atoms. The van der Waals surface area contributed by atoms with Gasteiger partial charge in [-0.3, -0.25) is 0 Å². The first-order valence-corrected chi connectivity index (χ1v) is 11.5. The molecule has 0 saturated heterocycles. The Labute approximate surface area is 194 Å². The Morgan fingerprint density at radius 1 is 0.882 bits per heavy atom. The van der Waals surface area contributed by atoms with Gasteiger partial charge in [0.2, 0.25) is 0 Å². The molecule has 184 valence electrons. The van der Waals surface area contributed by atoms with Crippen LogP contribution < -0.4 is 4.74 Å². The lowest BCUT2D eigenvalue weighted by Crippen LogP contribution is -2.41. The van der Waals surface area contributed by atoms with Crippen molar-refractivity contribution in [1.29, 1.82) is 0 Å². The van der Waals surface area contributed by atoms with Crippen LogP contribution in [-0.4, -0.2) is 12.7 Å². The zero-order valence-electron chi connectivity index (χ0n) is 19.0. The Bertz CT molecular complexity index is 1110. The minimum absolute atomic E-state index is 0.0388. The molecule has 8 heteroatoms. The molecular weight excluding hydrogens is 458 g/mol. The third kappa shape index (κ3) is 3.85. The fourth-order valence-electron chi connectivity index (χ4n) is 4.68. The summed E-state index contributed by atoms with van der Waals surface area (Å²) in [5.41, 5.74) is -3.76. The smallest absolute Gasteiger partial charge is 0.343 e. The van der Waals surface area contributed by atoms with Crippen LogP contribution in [0.5, 0.6) is 5.75 Å². The molecule has 4 rings (SSSR count). The van der Waals surface area contributed by atoms with Crippen molar-refractivity contribution in [1.82, 2.24) is 0 Å². The average molecular weight is 484 g/mol. The summed E-state index contributed by atoms with van der Waals surface area (Å²) in [6.45, 7) is 3.56. The first-order chi connectivity index (χ1) is 16.1. The van der Waals surface area contributed by atoms with Crippen molar-refractivity contribution in [3.63, 3.8) is 0 Å².